The predicted molar refractivity (Wildman–Crippen MR) is 83.0 cm³/mol. The molecule has 0 aromatic heterocycles. The summed E-state index contributed by atoms with van der Waals surface area (Å²) in [7, 11) is 0. The number of likely N-dealkylation sites (tertiary alicyclic amines) is 1. The lowest BCUT2D eigenvalue weighted by molar-refractivity contribution is 0.0734. The number of amides is 1. The molecule has 1 atom stereocenters. The number of hydrogen-bond donors (Lipinski definition) is 0. The predicted octanol–water partition coefficient (Wildman–Crippen LogP) is 4.20. The lowest BCUT2D eigenvalue weighted by Gasteiger charge is -2.24. The lowest BCUT2D eigenvalue weighted by atomic mass is 10.0. The summed E-state index contributed by atoms with van der Waals surface area (Å²) in [5.41, 5.74) is 2.11. The first-order chi connectivity index (χ1) is 9.13. The van der Waals surface area contributed by atoms with Gasteiger partial charge in [0.2, 0.25) is 0 Å². The van der Waals surface area contributed by atoms with Crippen LogP contribution in [-0.4, -0.2) is 28.7 Å². The van der Waals surface area contributed by atoms with Gasteiger partial charge in [0.15, 0.2) is 0 Å². The van der Waals surface area contributed by atoms with E-state index in [1.54, 1.807) is 0 Å². The third kappa shape index (κ3) is 3.38. The molecule has 3 heteroatoms. The van der Waals surface area contributed by atoms with Crippen molar-refractivity contribution in [2.45, 2.75) is 45.1 Å². The fourth-order valence-corrected chi connectivity index (χ4v) is 3.23. The lowest BCUT2D eigenvalue weighted by Crippen LogP contribution is -2.35. The Morgan fingerprint density at radius 1 is 1.37 bits per heavy atom. The van der Waals surface area contributed by atoms with Crippen LogP contribution < -0.4 is 0 Å². The van der Waals surface area contributed by atoms with E-state index in [4.69, 9.17) is 0 Å². The van der Waals surface area contributed by atoms with Gasteiger partial charge in [-0.15, -0.1) is 0 Å². The summed E-state index contributed by atoms with van der Waals surface area (Å²) < 4.78 is 0. The molecule has 19 heavy (non-hydrogen) atoms. The van der Waals surface area contributed by atoms with E-state index >= 15 is 0 Å². The standard InChI is InChI=1S/C16H22BrNO/c1-12(2)13-5-7-14(8-6-13)16(19)18-11-3-4-15(18)9-10-17/h5-8,12,15H,3-4,9-11H2,1-2H3. The van der Waals surface area contributed by atoms with Gasteiger partial charge < -0.3 is 4.90 Å². The Morgan fingerprint density at radius 3 is 2.63 bits per heavy atom. The minimum absolute atomic E-state index is 0.193. The summed E-state index contributed by atoms with van der Waals surface area (Å²) in [6.45, 7) is 5.25. The Morgan fingerprint density at radius 2 is 2.05 bits per heavy atom. The van der Waals surface area contributed by atoms with Gasteiger partial charge in [-0.1, -0.05) is 41.9 Å². The van der Waals surface area contributed by atoms with Crippen molar-refractivity contribution in [3.8, 4) is 0 Å². The first kappa shape index (κ1) is 14.6. The van der Waals surface area contributed by atoms with Gasteiger partial charge in [-0.25, -0.2) is 0 Å². The van der Waals surface area contributed by atoms with Crippen LogP contribution in [0.1, 0.15) is 54.9 Å². The molecule has 1 aromatic rings. The number of halogens is 1. The van der Waals surface area contributed by atoms with E-state index in [0.29, 0.717) is 12.0 Å². The zero-order chi connectivity index (χ0) is 13.8. The van der Waals surface area contributed by atoms with Crippen LogP contribution in [0.25, 0.3) is 0 Å². The zero-order valence-electron chi connectivity index (χ0n) is 11.7. The van der Waals surface area contributed by atoms with Gasteiger partial charge in [-0.2, -0.15) is 0 Å². The van der Waals surface area contributed by atoms with E-state index in [0.717, 1.165) is 36.7 Å². The molecule has 1 heterocycles. The second-order valence-electron chi connectivity index (χ2n) is 5.55. The Labute approximate surface area is 124 Å². The number of carbonyl (C=O) groups excluding carboxylic acids is 1. The van der Waals surface area contributed by atoms with Crippen LogP contribution in [-0.2, 0) is 0 Å². The molecule has 1 unspecified atom stereocenters. The number of benzene rings is 1. The molecule has 2 rings (SSSR count). The molecule has 0 radical (unpaired) electrons. The molecule has 1 aliphatic heterocycles. The van der Waals surface area contributed by atoms with Crippen LogP contribution in [0.15, 0.2) is 24.3 Å². The highest BCUT2D eigenvalue weighted by atomic mass is 79.9. The first-order valence-electron chi connectivity index (χ1n) is 7.10. The van der Waals surface area contributed by atoms with Crippen molar-refractivity contribution in [2.24, 2.45) is 0 Å². The van der Waals surface area contributed by atoms with E-state index in [1.165, 1.54) is 5.56 Å². The summed E-state index contributed by atoms with van der Waals surface area (Å²) in [6.07, 6.45) is 3.32. The molecule has 1 aromatic carbocycles. The van der Waals surface area contributed by atoms with Crippen LogP contribution in [0.5, 0.6) is 0 Å². The van der Waals surface area contributed by atoms with Crippen molar-refractivity contribution in [1.29, 1.82) is 0 Å². The van der Waals surface area contributed by atoms with Crippen molar-refractivity contribution in [3.63, 3.8) is 0 Å². The summed E-state index contributed by atoms with van der Waals surface area (Å²) in [5.74, 6) is 0.704. The summed E-state index contributed by atoms with van der Waals surface area (Å²) in [5, 5.41) is 0.966. The Bertz CT molecular complexity index is 427. The number of hydrogen-bond acceptors (Lipinski definition) is 1. The zero-order valence-corrected chi connectivity index (χ0v) is 13.3. The van der Waals surface area contributed by atoms with Crippen molar-refractivity contribution in [3.05, 3.63) is 35.4 Å². The average molecular weight is 324 g/mol. The van der Waals surface area contributed by atoms with Crippen molar-refractivity contribution >= 4 is 21.8 Å². The third-order valence-electron chi connectivity index (χ3n) is 3.90. The maximum Gasteiger partial charge on any atom is 0.254 e. The van der Waals surface area contributed by atoms with Gasteiger partial charge in [-0.05, 0) is 42.9 Å². The second kappa shape index (κ2) is 6.56. The Balaban J connectivity index is 2.10. The molecule has 0 spiro atoms. The van der Waals surface area contributed by atoms with Crippen LogP contribution in [0.2, 0.25) is 0 Å². The van der Waals surface area contributed by atoms with Gasteiger partial charge in [0.25, 0.3) is 5.91 Å². The molecule has 0 aliphatic carbocycles. The van der Waals surface area contributed by atoms with E-state index < -0.39 is 0 Å². The SMILES string of the molecule is CC(C)c1ccc(C(=O)N2CCCC2CCBr)cc1. The quantitative estimate of drug-likeness (QED) is 0.760. The van der Waals surface area contributed by atoms with Gasteiger partial charge in [0, 0.05) is 23.5 Å². The second-order valence-corrected chi connectivity index (χ2v) is 6.34. The van der Waals surface area contributed by atoms with Gasteiger partial charge in [-0.3, -0.25) is 4.79 Å². The molecular formula is C16H22BrNO. The third-order valence-corrected chi connectivity index (χ3v) is 4.36. The number of nitrogens with zero attached hydrogens (tertiary/aromatic N) is 1. The molecule has 104 valence electrons. The molecule has 2 nitrogen and oxygen atoms in total. The molecule has 1 amide bonds. The highest BCUT2D eigenvalue weighted by Gasteiger charge is 2.28. The van der Waals surface area contributed by atoms with Gasteiger partial charge in [0.05, 0.1) is 0 Å². The molecule has 0 bridgehead atoms. The van der Waals surface area contributed by atoms with Crippen molar-refractivity contribution in [2.75, 3.05) is 11.9 Å². The molecule has 0 saturated carbocycles. The molecule has 1 fully saturated rings. The van der Waals surface area contributed by atoms with E-state index in [1.807, 2.05) is 17.0 Å². The molecule has 1 saturated heterocycles. The number of carbonyl (C=O) groups is 1. The first-order valence-corrected chi connectivity index (χ1v) is 8.22. The van der Waals surface area contributed by atoms with Crippen LogP contribution in [0, 0.1) is 0 Å². The topological polar surface area (TPSA) is 20.3 Å². The van der Waals surface area contributed by atoms with Gasteiger partial charge in [0.1, 0.15) is 0 Å². The van der Waals surface area contributed by atoms with Gasteiger partial charge >= 0.3 is 0 Å². The smallest absolute Gasteiger partial charge is 0.254 e. The maximum absolute atomic E-state index is 12.5. The van der Waals surface area contributed by atoms with Crippen molar-refractivity contribution in [1.82, 2.24) is 4.90 Å². The number of alkyl halides is 1. The van der Waals surface area contributed by atoms with Crippen LogP contribution in [0.3, 0.4) is 0 Å². The van der Waals surface area contributed by atoms with Crippen LogP contribution in [0.4, 0.5) is 0 Å². The minimum atomic E-state index is 0.193. The summed E-state index contributed by atoms with van der Waals surface area (Å²) in [6, 6.07) is 8.51. The van der Waals surface area contributed by atoms with Crippen molar-refractivity contribution < 1.29 is 4.79 Å². The number of rotatable bonds is 4. The summed E-state index contributed by atoms with van der Waals surface area (Å²) in [4.78, 5) is 14.6. The van der Waals surface area contributed by atoms with E-state index in [-0.39, 0.29) is 5.91 Å². The highest BCUT2D eigenvalue weighted by Crippen LogP contribution is 2.24. The fourth-order valence-electron chi connectivity index (χ4n) is 2.71. The van der Waals surface area contributed by atoms with Crippen LogP contribution >= 0.6 is 15.9 Å². The van der Waals surface area contributed by atoms with E-state index in [9.17, 15) is 4.79 Å². The maximum atomic E-state index is 12.5. The monoisotopic (exact) mass is 323 g/mol. The molecule has 1 aliphatic rings. The highest BCUT2D eigenvalue weighted by molar-refractivity contribution is 9.09. The van der Waals surface area contributed by atoms with E-state index in [2.05, 4.69) is 41.9 Å². The summed E-state index contributed by atoms with van der Waals surface area (Å²) >= 11 is 3.48. The average Bonchev–Trinajstić information content (AvgIpc) is 2.87. The minimum Gasteiger partial charge on any atom is -0.336 e. The normalized spacial score (nSPS) is 19.2. The molecule has 0 N–H and O–H groups in total. The largest absolute Gasteiger partial charge is 0.336 e. The fraction of sp³-hybridized carbons (Fsp3) is 0.562. The molecular weight excluding hydrogens is 302 g/mol. The Kier molecular flexibility index (Phi) is 5.03. The Hall–Kier alpha value is -0.830.